The summed E-state index contributed by atoms with van der Waals surface area (Å²) in [5.41, 5.74) is 1.07. The molecule has 0 spiro atoms. The quantitative estimate of drug-likeness (QED) is 0.859. The largest absolute Gasteiger partial charge is 0.479 e. The van der Waals surface area contributed by atoms with Crippen LogP contribution in [0.4, 0.5) is 0 Å². The number of methoxy groups -OCH3 is 1. The molecule has 4 nitrogen and oxygen atoms in total. The molecule has 0 bridgehead atoms. The summed E-state index contributed by atoms with van der Waals surface area (Å²) in [6.07, 6.45) is 2.44. The van der Waals surface area contributed by atoms with Crippen molar-refractivity contribution < 1.29 is 4.74 Å². The van der Waals surface area contributed by atoms with Gasteiger partial charge in [-0.2, -0.15) is 5.10 Å². The predicted octanol–water partition coefficient (Wildman–Crippen LogP) is 2.45. The van der Waals surface area contributed by atoms with Crippen LogP contribution in [0.3, 0.4) is 0 Å². The second-order valence-electron chi connectivity index (χ2n) is 4.36. The Morgan fingerprint density at radius 3 is 3.00 bits per heavy atom. The molecule has 1 aromatic heterocycles. The van der Waals surface area contributed by atoms with E-state index in [0.717, 1.165) is 23.3 Å². The zero-order valence-electron chi connectivity index (χ0n) is 10.3. The van der Waals surface area contributed by atoms with Gasteiger partial charge in [-0.3, -0.25) is 0 Å². The Kier molecular flexibility index (Phi) is 4.34. The third kappa shape index (κ3) is 2.96. The van der Waals surface area contributed by atoms with E-state index in [1.165, 1.54) is 19.4 Å². The molecule has 0 aromatic carbocycles. The predicted molar refractivity (Wildman–Crippen MR) is 70.4 cm³/mol. The number of rotatable bonds is 3. The number of halogens is 1. The average Bonchev–Trinajstić information content (AvgIpc) is 2.38. The summed E-state index contributed by atoms with van der Waals surface area (Å²) in [5.74, 6) is 1.05. The zero-order valence-corrected chi connectivity index (χ0v) is 11.9. The molecule has 0 N–H and O–H groups in total. The monoisotopic (exact) mass is 299 g/mol. The second kappa shape index (κ2) is 5.78. The van der Waals surface area contributed by atoms with E-state index < -0.39 is 0 Å². The molecule has 94 valence electrons. The van der Waals surface area contributed by atoms with Crippen LogP contribution in [-0.4, -0.2) is 41.8 Å². The molecular formula is C12H18BrN3O. The molecule has 1 saturated heterocycles. The Bertz CT molecular complexity index is 386. The van der Waals surface area contributed by atoms with Gasteiger partial charge in [0, 0.05) is 12.5 Å². The summed E-state index contributed by atoms with van der Waals surface area (Å²) in [4.78, 5) is 2.47. The Labute approximate surface area is 110 Å². The standard InChI is InChI=1S/C12H18BrN3O/c1-3-16-6-4-5-9(8-16)11-7-10(13)12(17-2)15-14-11/h7,9H,3-6,8H2,1-2H3. The van der Waals surface area contributed by atoms with Gasteiger partial charge in [0.05, 0.1) is 17.3 Å². The van der Waals surface area contributed by atoms with Gasteiger partial charge in [-0.15, -0.1) is 5.10 Å². The van der Waals surface area contributed by atoms with Gasteiger partial charge in [-0.1, -0.05) is 6.92 Å². The number of hydrogen-bond donors (Lipinski definition) is 0. The molecular weight excluding hydrogens is 282 g/mol. The van der Waals surface area contributed by atoms with Gasteiger partial charge in [-0.05, 0) is 47.9 Å². The number of piperidine rings is 1. The van der Waals surface area contributed by atoms with Gasteiger partial charge in [0.15, 0.2) is 0 Å². The first kappa shape index (κ1) is 12.8. The van der Waals surface area contributed by atoms with E-state index in [2.05, 4.69) is 38.0 Å². The molecule has 2 rings (SSSR count). The van der Waals surface area contributed by atoms with Crippen LogP contribution in [0.1, 0.15) is 31.4 Å². The summed E-state index contributed by atoms with van der Waals surface area (Å²) in [7, 11) is 1.61. The molecule has 0 radical (unpaired) electrons. The lowest BCUT2D eigenvalue weighted by Gasteiger charge is -2.31. The van der Waals surface area contributed by atoms with Crippen LogP contribution in [0.5, 0.6) is 5.88 Å². The van der Waals surface area contributed by atoms with E-state index >= 15 is 0 Å². The van der Waals surface area contributed by atoms with Gasteiger partial charge in [-0.25, -0.2) is 0 Å². The van der Waals surface area contributed by atoms with Crippen molar-refractivity contribution in [2.75, 3.05) is 26.7 Å². The minimum Gasteiger partial charge on any atom is -0.479 e. The smallest absolute Gasteiger partial charge is 0.247 e. The van der Waals surface area contributed by atoms with E-state index in [-0.39, 0.29) is 0 Å². The van der Waals surface area contributed by atoms with Crippen LogP contribution < -0.4 is 4.74 Å². The molecule has 1 aliphatic rings. The van der Waals surface area contributed by atoms with Crippen LogP contribution in [0.25, 0.3) is 0 Å². The van der Waals surface area contributed by atoms with E-state index in [1.807, 2.05) is 6.07 Å². The molecule has 0 amide bonds. The maximum atomic E-state index is 5.10. The Balaban J connectivity index is 2.13. The molecule has 2 heterocycles. The fourth-order valence-corrected chi connectivity index (χ4v) is 2.77. The molecule has 1 fully saturated rings. The van der Waals surface area contributed by atoms with E-state index in [9.17, 15) is 0 Å². The maximum absolute atomic E-state index is 5.10. The fraction of sp³-hybridized carbons (Fsp3) is 0.667. The summed E-state index contributed by atoms with van der Waals surface area (Å²) in [6.45, 7) is 5.61. The number of hydrogen-bond acceptors (Lipinski definition) is 4. The van der Waals surface area contributed by atoms with Crippen molar-refractivity contribution in [3.05, 3.63) is 16.2 Å². The Morgan fingerprint density at radius 1 is 1.53 bits per heavy atom. The van der Waals surface area contributed by atoms with Crippen LogP contribution in [-0.2, 0) is 0 Å². The number of likely N-dealkylation sites (N-methyl/N-ethyl adjacent to an activating group) is 1. The topological polar surface area (TPSA) is 38.2 Å². The van der Waals surface area contributed by atoms with Gasteiger partial charge in [0.25, 0.3) is 0 Å². The van der Waals surface area contributed by atoms with E-state index in [4.69, 9.17) is 4.74 Å². The summed E-state index contributed by atoms with van der Waals surface area (Å²) in [6, 6.07) is 2.04. The van der Waals surface area contributed by atoms with Crippen LogP contribution >= 0.6 is 15.9 Å². The first-order valence-corrected chi connectivity index (χ1v) is 6.83. The Hall–Kier alpha value is -0.680. The highest BCUT2D eigenvalue weighted by Crippen LogP contribution is 2.29. The average molecular weight is 300 g/mol. The zero-order chi connectivity index (χ0) is 12.3. The number of likely N-dealkylation sites (tertiary alicyclic amines) is 1. The number of aromatic nitrogens is 2. The van der Waals surface area contributed by atoms with Gasteiger partial charge in [0.2, 0.25) is 5.88 Å². The van der Waals surface area contributed by atoms with Crippen molar-refractivity contribution in [3.8, 4) is 5.88 Å². The molecule has 1 unspecified atom stereocenters. The molecule has 1 atom stereocenters. The van der Waals surface area contributed by atoms with Crippen LogP contribution in [0, 0.1) is 0 Å². The SMILES string of the molecule is CCN1CCCC(c2cc(Br)c(OC)nn2)C1. The highest BCUT2D eigenvalue weighted by Gasteiger charge is 2.22. The highest BCUT2D eigenvalue weighted by atomic mass is 79.9. The van der Waals surface area contributed by atoms with Gasteiger partial charge >= 0.3 is 0 Å². The van der Waals surface area contributed by atoms with Gasteiger partial charge < -0.3 is 9.64 Å². The van der Waals surface area contributed by atoms with Crippen molar-refractivity contribution in [2.24, 2.45) is 0 Å². The third-order valence-electron chi connectivity index (χ3n) is 3.30. The molecule has 0 saturated carbocycles. The lowest BCUT2D eigenvalue weighted by molar-refractivity contribution is 0.215. The normalized spacial score (nSPS) is 21.5. The van der Waals surface area contributed by atoms with Gasteiger partial charge in [0.1, 0.15) is 0 Å². The first-order chi connectivity index (χ1) is 8.24. The molecule has 1 aliphatic heterocycles. The summed E-state index contributed by atoms with van der Waals surface area (Å²) < 4.78 is 5.99. The molecule has 1 aromatic rings. The van der Waals surface area contributed by atoms with Crippen molar-refractivity contribution >= 4 is 15.9 Å². The lowest BCUT2D eigenvalue weighted by Crippen LogP contribution is -2.34. The van der Waals surface area contributed by atoms with Crippen molar-refractivity contribution in [2.45, 2.75) is 25.7 Å². The van der Waals surface area contributed by atoms with Crippen molar-refractivity contribution in [3.63, 3.8) is 0 Å². The highest BCUT2D eigenvalue weighted by molar-refractivity contribution is 9.10. The molecule has 17 heavy (non-hydrogen) atoms. The van der Waals surface area contributed by atoms with E-state index in [1.54, 1.807) is 7.11 Å². The van der Waals surface area contributed by atoms with Crippen molar-refractivity contribution in [1.29, 1.82) is 0 Å². The summed E-state index contributed by atoms with van der Waals surface area (Å²) in [5, 5.41) is 8.36. The van der Waals surface area contributed by atoms with Crippen LogP contribution in [0.15, 0.2) is 10.5 Å². The molecule has 0 aliphatic carbocycles. The Morgan fingerprint density at radius 2 is 2.35 bits per heavy atom. The van der Waals surface area contributed by atoms with E-state index in [0.29, 0.717) is 11.8 Å². The molecule has 5 heteroatoms. The first-order valence-electron chi connectivity index (χ1n) is 6.04. The lowest BCUT2D eigenvalue weighted by atomic mass is 9.94. The second-order valence-corrected chi connectivity index (χ2v) is 5.21. The fourth-order valence-electron chi connectivity index (χ4n) is 2.29. The van der Waals surface area contributed by atoms with Crippen molar-refractivity contribution in [1.82, 2.24) is 15.1 Å². The van der Waals surface area contributed by atoms with Crippen LogP contribution in [0.2, 0.25) is 0 Å². The maximum Gasteiger partial charge on any atom is 0.247 e. The number of nitrogens with zero attached hydrogens (tertiary/aromatic N) is 3. The number of ether oxygens (including phenoxy) is 1. The third-order valence-corrected chi connectivity index (χ3v) is 3.87. The minimum atomic E-state index is 0.499. The minimum absolute atomic E-state index is 0.499. The summed E-state index contributed by atoms with van der Waals surface area (Å²) >= 11 is 3.46.